The van der Waals surface area contributed by atoms with E-state index in [1.807, 2.05) is 6.92 Å². The van der Waals surface area contributed by atoms with Gasteiger partial charge in [-0.2, -0.15) is 0 Å². The molecule has 0 spiro atoms. The molecule has 5 aromatic rings. The number of pyridine rings is 1. The first-order valence-electron chi connectivity index (χ1n) is 10.8. The van der Waals surface area contributed by atoms with E-state index in [4.69, 9.17) is 4.74 Å². The van der Waals surface area contributed by atoms with Crippen molar-refractivity contribution in [2.75, 3.05) is 11.8 Å². The van der Waals surface area contributed by atoms with Crippen LogP contribution in [0.25, 0.3) is 27.7 Å². The molecule has 0 bridgehead atoms. The van der Waals surface area contributed by atoms with Gasteiger partial charge in [0.1, 0.15) is 17.8 Å². The zero-order chi connectivity index (χ0) is 25.4. The van der Waals surface area contributed by atoms with E-state index in [1.165, 1.54) is 54.3 Å². The molecule has 10 heteroatoms. The van der Waals surface area contributed by atoms with Gasteiger partial charge in [-0.15, -0.1) is 0 Å². The summed E-state index contributed by atoms with van der Waals surface area (Å²) in [6.45, 7) is 1.86. The molecule has 0 aliphatic rings. The molecular weight excluding hydrogens is 485 g/mol. The summed E-state index contributed by atoms with van der Waals surface area (Å²) in [5.41, 5.74) is 2.88. The van der Waals surface area contributed by atoms with Gasteiger partial charge in [0.25, 0.3) is 15.6 Å². The van der Waals surface area contributed by atoms with Crippen LogP contribution in [0.15, 0.2) is 93.3 Å². The normalized spacial score (nSPS) is 11.5. The van der Waals surface area contributed by atoms with E-state index in [0.29, 0.717) is 27.9 Å². The molecule has 0 unspecified atom stereocenters. The van der Waals surface area contributed by atoms with Crippen LogP contribution in [0.5, 0.6) is 5.75 Å². The van der Waals surface area contributed by atoms with Gasteiger partial charge in [-0.1, -0.05) is 17.3 Å². The Labute approximate surface area is 205 Å². The number of methoxy groups -OCH3 is 1. The third-order valence-corrected chi connectivity index (χ3v) is 7.11. The minimum absolute atomic E-state index is 0.00667. The van der Waals surface area contributed by atoms with Crippen LogP contribution in [0, 0.1) is 12.7 Å². The summed E-state index contributed by atoms with van der Waals surface area (Å²) < 4.78 is 53.5. The Morgan fingerprint density at radius 3 is 2.58 bits per heavy atom. The van der Waals surface area contributed by atoms with Gasteiger partial charge < -0.3 is 9.26 Å². The summed E-state index contributed by atoms with van der Waals surface area (Å²) in [6, 6.07) is 18.5. The summed E-state index contributed by atoms with van der Waals surface area (Å²) in [7, 11) is -2.45. The zero-order valence-corrected chi connectivity index (χ0v) is 20.0. The van der Waals surface area contributed by atoms with Gasteiger partial charge in [-0.3, -0.25) is 14.1 Å². The molecule has 1 N–H and O–H groups in total. The Kier molecular flexibility index (Phi) is 5.81. The molecule has 8 nitrogen and oxygen atoms in total. The quantitative estimate of drug-likeness (QED) is 0.352. The second-order valence-corrected chi connectivity index (χ2v) is 9.75. The third-order valence-electron chi connectivity index (χ3n) is 5.76. The van der Waals surface area contributed by atoms with Crippen LogP contribution < -0.4 is 15.0 Å². The van der Waals surface area contributed by atoms with Crippen molar-refractivity contribution in [2.24, 2.45) is 0 Å². The van der Waals surface area contributed by atoms with Gasteiger partial charge in [0.15, 0.2) is 5.82 Å². The van der Waals surface area contributed by atoms with Crippen LogP contribution in [0.3, 0.4) is 0 Å². The summed E-state index contributed by atoms with van der Waals surface area (Å²) in [5, 5.41) is 4.09. The van der Waals surface area contributed by atoms with Crippen LogP contribution in [0.4, 0.5) is 10.2 Å². The lowest BCUT2D eigenvalue weighted by Gasteiger charge is -2.17. The van der Waals surface area contributed by atoms with Crippen LogP contribution >= 0.6 is 0 Å². The third kappa shape index (κ3) is 4.22. The Balaban J connectivity index is 1.65. The average molecular weight is 506 g/mol. The van der Waals surface area contributed by atoms with Crippen LogP contribution in [-0.4, -0.2) is 25.3 Å². The predicted octanol–water partition coefficient (Wildman–Crippen LogP) is 4.90. The molecule has 36 heavy (non-hydrogen) atoms. The van der Waals surface area contributed by atoms with E-state index < -0.39 is 10.0 Å². The molecule has 182 valence electrons. The van der Waals surface area contributed by atoms with Crippen LogP contribution in [0.1, 0.15) is 5.56 Å². The van der Waals surface area contributed by atoms with E-state index in [0.717, 1.165) is 11.1 Å². The number of halogens is 1. The fourth-order valence-electron chi connectivity index (χ4n) is 4.08. The maximum absolute atomic E-state index is 13.8. The molecule has 0 saturated carbocycles. The Hall–Kier alpha value is -4.44. The Morgan fingerprint density at radius 2 is 1.86 bits per heavy atom. The maximum Gasteiger partial charge on any atom is 0.263 e. The lowest BCUT2D eigenvalue weighted by molar-refractivity contribution is 0.413. The van der Waals surface area contributed by atoms with Gasteiger partial charge in [0.2, 0.25) is 0 Å². The molecule has 2 heterocycles. The highest BCUT2D eigenvalue weighted by atomic mass is 32.2. The minimum atomic E-state index is -3.94. The Bertz CT molecular complexity index is 1760. The monoisotopic (exact) mass is 505 g/mol. The smallest absolute Gasteiger partial charge is 0.263 e. The number of anilines is 1. The molecule has 0 saturated heterocycles. The molecule has 3 aromatic carbocycles. The van der Waals surface area contributed by atoms with Gasteiger partial charge in [-0.25, -0.2) is 12.8 Å². The fraction of sp³-hybridized carbons (Fsp3) is 0.0769. The van der Waals surface area contributed by atoms with E-state index in [2.05, 4.69) is 14.4 Å². The largest absolute Gasteiger partial charge is 0.495 e. The fourth-order valence-corrected chi connectivity index (χ4v) is 5.11. The zero-order valence-electron chi connectivity index (χ0n) is 19.2. The van der Waals surface area contributed by atoms with E-state index in [-0.39, 0.29) is 22.1 Å². The number of rotatable bonds is 6. The van der Waals surface area contributed by atoms with Crippen molar-refractivity contribution < 1.29 is 22.1 Å². The van der Waals surface area contributed by atoms with Gasteiger partial charge in [-0.05, 0) is 72.1 Å². The molecule has 0 fully saturated rings. The Morgan fingerprint density at radius 1 is 1.03 bits per heavy atom. The molecule has 0 radical (unpaired) electrons. The van der Waals surface area contributed by atoms with E-state index in [9.17, 15) is 17.6 Å². The summed E-state index contributed by atoms with van der Waals surface area (Å²) in [5.74, 6) is 0.0986. The molecular formula is C26H20FN3O5S. The topological polar surface area (TPSA) is 103 Å². The number of sulfonamides is 1. The average Bonchev–Trinajstić information content (AvgIpc) is 3.36. The molecule has 5 rings (SSSR count). The van der Waals surface area contributed by atoms with E-state index >= 15 is 0 Å². The first kappa shape index (κ1) is 23.3. The second-order valence-electron chi connectivity index (χ2n) is 8.07. The number of ether oxygens (including phenoxy) is 1. The highest BCUT2D eigenvalue weighted by Crippen LogP contribution is 2.34. The number of hydrogen-bond acceptors (Lipinski definition) is 6. The van der Waals surface area contributed by atoms with Gasteiger partial charge >= 0.3 is 0 Å². The lowest BCUT2D eigenvalue weighted by atomic mass is 9.99. The second kappa shape index (κ2) is 8.97. The number of nitrogens with one attached hydrogen (secondary N) is 1. The summed E-state index contributed by atoms with van der Waals surface area (Å²) in [4.78, 5) is 13.0. The van der Waals surface area contributed by atoms with Crippen LogP contribution in [0.2, 0.25) is 0 Å². The van der Waals surface area contributed by atoms with Crippen molar-refractivity contribution in [1.82, 2.24) is 9.72 Å². The van der Waals surface area contributed by atoms with Crippen molar-refractivity contribution in [2.45, 2.75) is 11.8 Å². The lowest BCUT2D eigenvalue weighted by Crippen LogP contribution is -2.19. The molecule has 2 aromatic heterocycles. The van der Waals surface area contributed by atoms with Crippen LogP contribution in [-0.2, 0) is 10.0 Å². The van der Waals surface area contributed by atoms with Crippen molar-refractivity contribution in [1.29, 1.82) is 0 Å². The van der Waals surface area contributed by atoms with Gasteiger partial charge in [0, 0.05) is 17.5 Å². The standard InChI is InChI=1S/C26H20FN3O5S/c1-16-12-23(24(34-2)15-21(16)17-4-3-5-19(27)13-17)30-22-8-7-20(14-18(22)6-9-26(30)31)36(32,33)29-25-10-11-35-28-25/h3-15H,1-2H3,(H,28,29). The highest BCUT2D eigenvalue weighted by molar-refractivity contribution is 7.92. The summed E-state index contributed by atoms with van der Waals surface area (Å²) in [6.07, 6.45) is 1.26. The maximum atomic E-state index is 13.8. The number of hydrogen-bond donors (Lipinski definition) is 1. The van der Waals surface area contributed by atoms with Crippen molar-refractivity contribution in [3.05, 3.63) is 101 Å². The van der Waals surface area contributed by atoms with Crippen molar-refractivity contribution in [3.63, 3.8) is 0 Å². The molecule has 0 aliphatic carbocycles. The first-order chi connectivity index (χ1) is 17.3. The molecule has 0 atom stereocenters. The number of benzene rings is 3. The SMILES string of the molecule is COc1cc(-c2cccc(F)c2)c(C)cc1-n1c(=O)ccc2cc(S(=O)(=O)Nc3ccon3)ccc21. The highest BCUT2D eigenvalue weighted by Gasteiger charge is 2.19. The van der Waals surface area contributed by atoms with Crippen molar-refractivity contribution in [3.8, 4) is 22.6 Å². The number of fused-ring (bicyclic) bond motifs is 1. The number of nitrogens with zero attached hydrogens (tertiary/aromatic N) is 2. The molecule has 0 amide bonds. The predicted molar refractivity (Wildman–Crippen MR) is 134 cm³/mol. The van der Waals surface area contributed by atoms with Gasteiger partial charge in [0.05, 0.1) is 23.2 Å². The first-order valence-corrected chi connectivity index (χ1v) is 12.3. The molecule has 0 aliphatic heterocycles. The number of aryl methyl sites for hydroxylation is 1. The minimum Gasteiger partial charge on any atom is -0.495 e. The summed E-state index contributed by atoms with van der Waals surface area (Å²) >= 11 is 0. The van der Waals surface area contributed by atoms with Crippen molar-refractivity contribution >= 4 is 26.7 Å². The number of aromatic nitrogens is 2. The van der Waals surface area contributed by atoms with E-state index in [1.54, 1.807) is 36.4 Å².